The van der Waals surface area contributed by atoms with E-state index in [1.807, 2.05) is 0 Å². The molecule has 0 heterocycles. The Hall–Kier alpha value is 0.729. The SMILES string of the molecule is C1CC[CH]([Sn]([CH]2CCCC2)[CH]2CCCC2)C1.F. The summed E-state index contributed by atoms with van der Waals surface area (Å²) in [4.78, 5) is 0. The Morgan fingerprint density at radius 1 is 0.471 bits per heavy atom. The molecule has 0 saturated heterocycles. The largest absolute Gasteiger partial charge is 0.269 e. The molecular formula is C15H28FSn. The Morgan fingerprint density at radius 2 is 0.706 bits per heavy atom. The van der Waals surface area contributed by atoms with Gasteiger partial charge >= 0.3 is 109 Å². The second-order valence-electron chi connectivity index (χ2n) is 6.44. The summed E-state index contributed by atoms with van der Waals surface area (Å²) < 4.78 is 4.02. The van der Waals surface area contributed by atoms with Crippen molar-refractivity contribution in [3.63, 3.8) is 0 Å². The molecule has 0 atom stereocenters. The maximum Gasteiger partial charge on any atom is -0.269 e. The zero-order chi connectivity index (χ0) is 10.8. The second-order valence-corrected chi connectivity index (χ2v) is 16.3. The summed E-state index contributed by atoms with van der Waals surface area (Å²) in [5.74, 6) is 0. The maximum absolute atomic E-state index is 1.67. The van der Waals surface area contributed by atoms with Gasteiger partial charge in [-0.3, -0.25) is 4.70 Å². The van der Waals surface area contributed by atoms with Gasteiger partial charge in [-0.15, -0.1) is 0 Å². The van der Waals surface area contributed by atoms with E-state index in [0.29, 0.717) is 0 Å². The monoisotopic (exact) mass is 347 g/mol. The molecule has 0 N–H and O–H groups in total. The second kappa shape index (κ2) is 6.77. The van der Waals surface area contributed by atoms with Crippen molar-refractivity contribution in [2.45, 2.75) is 88.9 Å². The molecule has 3 saturated carbocycles. The van der Waals surface area contributed by atoms with Crippen LogP contribution in [0.2, 0.25) is 11.8 Å². The van der Waals surface area contributed by atoms with Gasteiger partial charge in [0.2, 0.25) is 0 Å². The minimum atomic E-state index is -1.04. The number of rotatable bonds is 3. The van der Waals surface area contributed by atoms with E-state index in [1.54, 1.807) is 77.0 Å². The van der Waals surface area contributed by atoms with Crippen molar-refractivity contribution in [1.29, 1.82) is 0 Å². The Balaban J connectivity index is 0.00000108. The van der Waals surface area contributed by atoms with Crippen LogP contribution in [0.25, 0.3) is 0 Å². The van der Waals surface area contributed by atoms with Crippen LogP contribution in [-0.4, -0.2) is 19.8 Å². The minimum absolute atomic E-state index is 0. The molecule has 3 fully saturated rings. The fraction of sp³-hybridized carbons (Fsp3) is 1.00. The van der Waals surface area contributed by atoms with E-state index in [4.69, 9.17) is 0 Å². The average Bonchev–Trinajstić information content (AvgIpc) is 3.02. The number of hydrogen-bond donors (Lipinski definition) is 0. The normalized spacial score (nSPS) is 28.1. The third-order valence-electron chi connectivity index (χ3n) is 5.48. The molecule has 0 aromatic heterocycles. The molecule has 3 aliphatic rings. The van der Waals surface area contributed by atoms with Crippen LogP contribution in [0, 0.1) is 0 Å². The van der Waals surface area contributed by atoms with E-state index >= 15 is 0 Å². The van der Waals surface area contributed by atoms with Gasteiger partial charge in [-0.05, 0) is 0 Å². The Kier molecular flexibility index (Phi) is 5.63. The van der Waals surface area contributed by atoms with Gasteiger partial charge in [0.05, 0.1) is 0 Å². The van der Waals surface area contributed by atoms with E-state index in [-0.39, 0.29) is 4.70 Å². The zero-order valence-electron chi connectivity index (χ0n) is 11.1. The third kappa shape index (κ3) is 3.19. The topological polar surface area (TPSA) is 0 Å². The molecule has 2 heteroatoms. The summed E-state index contributed by atoms with van der Waals surface area (Å²) in [6, 6.07) is 0. The van der Waals surface area contributed by atoms with Crippen LogP contribution in [0.5, 0.6) is 0 Å². The Bertz CT molecular complexity index is 175. The first-order chi connectivity index (χ1) is 7.95. The van der Waals surface area contributed by atoms with Crippen LogP contribution < -0.4 is 0 Å². The molecule has 0 aromatic carbocycles. The van der Waals surface area contributed by atoms with Crippen molar-refractivity contribution < 1.29 is 4.70 Å². The van der Waals surface area contributed by atoms with Crippen LogP contribution in [0.15, 0.2) is 0 Å². The van der Waals surface area contributed by atoms with Gasteiger partial charge in [0.25, 0.3) is 0 Å². The van der Waals surface area contributed by atoms with E-state index in [9.17, 15) is 0 Å². The molecule has 3 rings (SSSR count). The first-order valence-corrected chi connectivity index (χ1v) is 12.8. The van der Waals surface area contributed by atoms with Crippen molar-refractivity contribution in [1.82, 2.24) is 0 Å². The summed E-state index contributed by atoms with van der Waals surface area (Å²) >= 11 is -1.04. The summed E-state index contributed by atoms with van der Waals surface area (Å²) in [6.07, 6.45) is 19.6. The predicted molar refractivity (Wildman–Crippen MR) is 74.9 cm³/mol. The molecule has 99 valence electrons. The average molecular weight is 346 g/mol. The molecule has 0 nitrogen and oxygen atoms in total. The van der Waals surface area contributed by atoms with Crippen molar-refractivity contribution in [3.05, 3.63) is 0 Å². The van der Waals surface area contributed by atoms with Gasteiger partial charge in [-0.25, -0.2) is 0 Å². The van der Waals surface area contributed by atoms with Crippen molar-refractivity contribution in [3.8, 4) is 0 Å². The fourth-order valence-corrected chi connectivity index (χ4v) is 19.7. The summed E-state index contributed by atoms with van der Waals surface area (Å²) in [5, 5.41) is 0. The number of hydrogen-bond acceptors (Lipinski definition) is 0. The molecule has 0 unspecified atom stereocenters. The minimum Gasteiger partial charge on any atom is -0.269 e. The third-order valence-corrected chi connectivity index (χ3v) is 18.5. The molecule has 0 spiro atoms. The van der Waals surface area contributed by atoms with Gasteiger partial charge in [-0.1, -0.05) is 0 Å². The number of halogens is 1. The van der Waals surface area contributed by atoms with E-state index in [1.165, 1.54) is 11.8 Å². The van der Waals surface area contributed by atoms with Crippen LogP contribution in [-0.2, 0) is 0 Å². The molecule has 0 aliphatic heterocycles. The molecular weight excluding hydrogens is 318 g/mol. The fourth-order valence-electron chi connectivity index (χ4n) is 4.78. The maximum atomic E-state index is 1.67. The van der Waals surface area contributed by atoms with E-state index in [0.717, 1.165) is 0 Å². The van der Waals surface area contributed by atoms with Gasteiger partial charge in [0, 0.05) is 0 Å². The van der Waals surface area contributed by atoms with E-state index < -0.39 is 19.8 Å². The van der Waals surface area contributed by atoms with Crippen molar-refractivity contribution in [2.75, 3.05) is 0 Å². The summed E-state index contributed by atoms with van der Waals surface area (Å²) in [5.41, 5.74) is 0. The van der Waals surface area contributed by atoms with Crippen LogP contribution in [0.4, 0.5) is 4.70 Å². The van der Waals surface area contributed by atoms with E-state index in [2.05, 4.69) is 0 Å². The van der Waals surface area contributed by atoms with Crippen LogP contribution >= 0.6 is 0 Å². The molecule has 3 aliphatic carbocycles. The van der Waals surface area contributed by atoms with Gasteiger partial charge < -0.3 is 0 Å². The van der Waals surface area contributed by atoms with Crippen molar-refractivity contribution >= 4 is 19.8 Å². The first kappa shape index (κ1) is 14.1. The summed E-state index contributed by atoms with van der Waals surface area (Å²) in [7, 11) is 0. The quantitative estimate of drug-likeness (QED) is 0.595. The molecule has 17 heavy (non-hydrogen) atoms. The Labute approximate surface area is 113 Å². The zero-order valence-corrected chi connectivity index (χ0v) is 14.0. The molecule has 1 radical (unpaired) electrons. The standard InChI is InChI=1S/3C5H9.FH.Sn/c3*1-2-4-5-3-1;;/h3*1H,2-5H2;1H;. The Morgan fingerprint density at radius 3 is 0.941 bits per heavy atom. The van der Waals surface area contributed by atoms with Crippen LogP contribution in [0.1, 0.15) is 77.0 Å². The van der Waals surface area contributed by atoms with Crippen molar-refractivity contribution in [2.24, 2.45) is 0 Å². The predicted octanol–water partition coefficient (Wildman–Crippen LogP) is 5.47. The molecule has 0 amide bonds. The van der Waals surface area contributed by atoms with Gasteiger partial charge in [0.1, 0.15) is 0 Å². The van der Waals surface area contributed by atoms with Crippen LogP contribution in [0.3, 0.4) is 0 Å². The van der Waals surface area contributed by atoms with Gasteiger partial charge in [-0.2, -0.15) is 0 Å². The molecule has 0 aromatic rings. The first-order valence-electron chi connectivity index (χ1n) is 7.82. The van der Waals surface area contributed by atoms with Gasteiger partial charge in [0.15, 0.2) is 0 Å². The summed E-state index contributed by atoms with van der Waals surface area (Å²) in [6.45, 7) is 0. The smallest absolute Gasteiger partial charge is 0.269 e. The molecule has 0 bridgehead atoms.